The van der Waals surface area contributed by atoms with Crippen LogP contribution in [0.3, 0.4) is 0 Å². The molecule has 1 aliphatic rings. The van der Waals surface area contributed by atoms with Crippen molar-refractivity contribution >= 4 is 11.9 Å². The molecule has 151 valence electrons. The van der Waals surface area contributed by atoms with Gasteiger partial charge in [-0.3, -0.25) is 9.59 Å². The van der Waals surface area contributed by atoms with Gasteiger partial charge in [0.15, 0.2) is 0 Å². The third-order valence-electron chi connectivity index (χ3n) is 5.21. The Hall–Kier alpha value is -2.88. The van der Waals surface area contributed by atoms with Gasteiger partial charge in [-0.2, -0.15) is 0 Å². The topological polar surface area (TPSA) is 52.6 Å². The molecule has 1 fully saturated rings. The first-order valence-electron chi connectivity index (χ1n) is 10.1. The molecule has 29 heavy (non-hydrogen) atoms. The number of hydrogen-bond donors (Lipinski definition) is 0. The molecule has 2 atom stereocenters. The Morgan fingerprint density at radius 3 is 2.00 bits per heavy atom. The molecule has 2 aromatic carbocycles. The van der Waals surface area contributed by atoms with E-state index in [1.54, 1.807) is 13.8 Å². The zero-order valence-corrected chi connectivity index (χ0v) is 17.0. The minimum atomic E-state index is -0.902. The van der Waals surface area contributed by atoms with Crippen LogP contribution in [0.25, 0.3) is 0 Å². The van der Waals surface area contributed by atoms with Gasteiger partial charge in [-0.05, 0) is 37.8 Å². The average Bonchev–Trinajstić information content (AvgIpc) is 3.49. The van der Waals surface area contributed by atoms with Crippen molar-refractivity contribution in [3.63, 3.8) is 0 Å². The van der Waals surface area contributed by atoms with E-state index in [2.05, 4.69) is 24.3 Å². The number of ether oxygens (including phenoxy) is 2. The van der Waals surface area contributed by atoms with Gasteiger partial charge in [0.2, 0.25) is 0 Å². The van der Waals surface area contributed by atoms with Crippen molar-refractivity contribution in [3.05, 3.63) is 89.9 Å². The highest BCUT2D eigenvalue weighted by atomic mass is 16.5. The Kier molecular flexibility index (Phi) is 6.86. The number of carbonyl (C=O) groups is 2. The third kappa shape index (κ3) is 4.76. The number of hydrogen-bond acceptors (Lipinski definition) is 4. The minimum absolute atomic E-state index is 0.287. The van der Waals surface area contributed by atoms with E-state index in [1.165, 1.54) is 0 Å². The van der Waals surface area contributed by atoms with Crippen molar-refractivity contribution in [2.45, 2.75) is 26.7 Å². The molecule has 4 heteroatoms. The maximum absolute atomic E-state index is 12.6. The van der Waals surface area contributed by atoms with E-state index < -0.39 is 11.3 Å². The predicted octanol–water partition coefficient (Wildman–Crippen LogP) is 4.74. The van der Waals surface area contributed by atoms with E-state index in [0.29, 0.717) is 19.4 Å². The van der Waals surface area contributed by atoms with E-state index in [9.17, 15) is 9.59 Å². The monoisotopic (exact) mass is 391 g/mol. The van der Waals surface area contributed by atoms with Gasteiger partial charge in [0.25, 0.3) is 0 Å². The molecular weight excluding hydrogens is 364 g/mol. The molecule has 4 nitrogen and oxygen atoms in total. The van der Waals surface area contributed by atoms with Crippen LogP contribution in [0, 0.1) is 17.3 Å². The lowest BCUT2D eigenvalue weighted by atomic mass is 9.88. The lowest BCUT2D eigenvalue weighted by Gasteiger charge is -2.16. The number of benzene rings is 2. The molecule has 3 rings (SSSR count). The SMILES string of the molecule is CCOC(=O)C1CC1(/C=C/C[C](c1ccccc1)c1ccccc1)C(=O)OCC. The standard InChI is InChI=1S/C25H27O4/c1-3-28-23(26)22-18-25(22,24(27)29-4-2)17-11-16-21(19-12-7-5-8-13-19)20-14-9-6-10-15-20/h5-15,17,22H,3-4,16,18H2,1-2H3/b17-11+. The molecule has 0 amide bonds. The minimum Gasteiger partial charge on any atom is -0.466 e. The molecule has 0 heterocycles. The van der Waals surface area contributed by atoms with Crippen molar-refractivity contribution in [3.8, 4) is 0 Å². The number of allylic oxidation sites excluding steroid dienone is 1. The van der Waals surface area contributed by atoms with Gasteiger partial charge in [-0.25, -0.2) is 0 Å². The summed E-state index contributed by atoms with van der Waals surface area (Å²) in [6, 6.07) is 20.4. The fourth-order valence-corrected chi connectivity index (χ4v) is 3.63. The molecule has 0 aromatic heterocycles. The van der Waals surface area contributed by atoms with Crippen molar-refractivity contribution < 1.29 is 19.1 Å². The largest absolute Gasteiger partial charge is 0.466 e. The van der Waals surface area contributed by atoms with E-state index in [0.717, 1.165) is 17.0 Å². The Morgan fingerprint density at radius 2 is 1.48 bits per heavy atom. The Bertz CT molecular complexity index is 804. The molecule has 0 spiro atoms. The highest BCUT2D eigenvalue weighted by Crippen LogP contribution is 2.55. The highest BCUT2D eigenvalue weighted by molar-refractivity contribution is 5.93. The quantitative estimate of drug-likeness (QED) is 0.458. The van der Waals surface area contributed by atoms with Gasteiger partial charge >= 0.3 is 11.9 Å². The second kappa shape index (κ2) is 9.55. The summed E-state index contributed by atoms with van der Waals surface area (Å²) in [6.45, 7) is 4.13. The molecular formula is C25H27O4. The van der Waals surface area contributed by atoms with Gasteiger partial charge in [0.05, 0.1) is 19.1 Å². The van der Waals surface area contributed by atoms with E-state index in [1.807, 2.05) is 48.6 Å². The van der Waals surface area contributed by atoms with Crippen molar-refractivity contribution in [2.75, 3.05) is 13.2 Å². The van der Waals surface area contributed by atoms with E-state index in [4.69, 9.17) is 9.47 Å². The van der Waals surface area contributed by atoms with Crippen LogP contribution < -0.4 is 0 Å². The number of esters is 2. The first-order chi connectivity index (χ1) is 14.1. The first kappa shape index (κ1) is 20.8. The maximum Gasteiger partial charge on any atom is 0.316 e. The molecule has 0 bridgehead atoms. The highest BCUT2D eigenvalue weighted by Gasteiger charge is 2.64. The van der Waals surface area contributed by atoms with Crippen LogP contribution in [0.4, 0.5) is 0 Å². The summed E-state index contributed by atoms with van der Waals surface area (Å²) in [7, 11) is 0. The lowest BCUT2D eigenvalue weighted by molar-refractivity contribution is -0.153. The summed E-state index contributed by atoms with van der Waals surface area (Å²) in [5.41, 5.74) is 1.36. The third-order valence-corrected chi connectivity index (χ3v) is 5.21. The first-order valence-corrected chi connectivity index (χ1v) is 10.1. The molecule has 1 saturated carbocycles. The average molecular weight is 391 g/mol. The maximum atomic E-state index is 12.6. The Balaban J connectivity index is 1.81. The fourth-order valence-electron chi connectivity index (χ4n) is 3.63. The van der Waals surface area contributed by atoms with E-state index >= 15 is 0 Å². The number of carbonyl (C=O) groups excluding carboxylic acids is 2. The molecule has 0 aliphatic heterocycles. The Labute approximate surface area is 172 Å². The zero-order valence-electron chi connectivity index (χ0n) is 17.0. The van der Waals surface area contributed by atoms with Crippen LogP contribution in [-0.4, -0.2) is 25.2 Å². The van der Waals surface area contributed by atoms with Gasteiger partial charge in [0, 0.05) is 5.92 Å². The van der Waals surface area contributed by atoms with Crippen LogP contribution in [0.15, 0.2) is 72.8 Å². The van der Waals surface area contributed by atoms with Gasteiger partial charge in [-0.15, -0.1) is 0 Å². The summed E-state index contributed by atoms with van der Waals surface area (Å²) in [4.78, 5) is 24.8. The predicted molar refractivity (Wildman–Crippen MR) is 112 cm³/mol. The summed E-state index contributed by atoms with van der Waals surface area (Å²) in [5, 5.41) is 0. The van der Waals surface area contributed by atoms with E-state index in [-0.39, 0.29) is 18.5 Å². The zero-order chi connectivity index (χ0) is 20.7. The summed E-state index contributed by atoms with van der Waals surface area (Å²) >= 11 is 0. The lowest BCUT2D eigenvalue weighted by Crippen LogP contribution is -2.23. The van der Waals surface area contributed by atoms with Crippen LogP contribution >= 0.6 is 0 Å². The fraction of sp³-hybridized carbons (Fsp3) is 0.320. The molecule has 2 aromatic rings. The molecule has 1 radical (unpaired) electrons. The summed E-state index contributed by atoms with van der Waals surface area (Å²) in [5.74, 6) is 0.0141. The van der Waals surface area contributed by atoms with Crippen molar-refractivity contribution in [2.24, 2.45) is 11.3 Å². The van der Waals surface area contributed by atoms with Crippen LogP contribution in [0.2, 0.25) is 0 Å². The second-order valence-electron chi connectivity index (χ2n) is 7.09. The van der Waals surface area contributed by atoms with Crippen LogP contribution in [0.5, 0.6) is 0 Å². The molecule has 0 N–H and O–H groups in total. The molecule has 1 aliphatic carbocycles. The second-order valence-corrected chi connectivity index (χ2v) is 7.09. The summed E-state index contributed by atoms with van der Waals surface area (Å²) < 4.78 is 10.4. The van der Waals surface area contributed by atoms with Gasteiger partial charge in [-0.1, -0.05) is 72.8 Å². The smallest absolute Gasteiger partial charge is 0.316 e. The number of rotatable bonds is 9. The Morgan fingerprint density at radius 1 is 0.931 bits per heavy atom. The van der Waals surface area contributed by atoms with Crippen LogP contribution in [0.1, 0.15) is 37.8 Å². The van der Waals surface area contributed by atoms with Crippen molar-refractivity contribution in [1.82, 2.24) is 0 Å². The summed E-state index contributed by atoms with van der Waals surface area (Å²) in [6.07, 6.45) is 4.90. The normalized spacial score (nSPS) is 20.6. The van der Waals surface area contributed by atoms with Gasteiger partial charge in [0.1, 0.15) is 5.41 Å². The molecule has 0 saturated heterocycles. The van der Waals surface area contributed by atoms with Gasteiger partial charge < -0.3 is 9.47 Å². The van der Waals surface area contributed by atoms with Crippen molar-refractivity contribution in [1.29, 1.82) is 0 Å². The molecule has 2 unspecified atom stereocenters. The van der Waals surface area contributed by atoms with Crippen LogP contribution in [-0.2, 0) is 19.1 Å².